The molecule has 1 aromatic carbocycles. The van der Waals surface area contributed by atoms with Crippen LogP contribution >= 0.6 is 15.9 Å². The van der Waals surface area contributed by atoms with Crippen LogP contribution in [0.2, 0.25) is 0 Å². The third-order valence-corrected chi connectivity index (χ3v) is 5.44. The van der Waals surface area contributed by atoms with E-state index in [1.807, 2.05) is 0 Å². The van der Waals surface area contributed by atoms with E-state index in [1.54, 1.807) is 0 Å². The van der Waals surface area contributed by atoms with Crippen LogP contribution in [0.1, 0.15) is 45.2 Å². The first-order valence-corrected chi connectivity index (χ1v) is 9.11. The normalized spacial score (nSPS) is 21.1. The van der Waals surface area contributed by atoms with E-state index >= 15 is 0 Å². The number of hydrogen-bond acceptors (Lipinski definition) is 2. The van der Waals surface area contributed by atoms with Gasteiger partial charge in [-0.1, -0.05) is 54.9 Å². The van der Waals surface area contributed by atoms with Crippen molar-refractivity contribution in [2.45, 2.75) is 39.7 Å². The van der Waals surface area contributed by atoms with Gasteiger partial charge in [0.15, 0.2) is 0 Å². The second-order valence-corrected chi connectivity index (χ2v) is 7.37. The standard InChI is InChI=1S/C18H29BrN2/c1-4-20-18(16-7-5-6-8-17(16)19)10-12-21-11-9-15(13-21)14(2)3/h5-8,14-15,18,20H,4,9-13H2,1-3H3. The fraction of sp³-hybridized carbons (Fsp3) is 0.667. The van der Waals surface area contributed by atoms with Crippen LogP contribution in [0.3, 0.4) is 0 Å². The lowest BCUT2D eigenvalue weighted by Crippen LogP contribution is -2.29. The summed E-state index contributed by atoms with van der Waals surface area (Å²) in [6.07, 6.45) is 2.56. The average Bonchev–Trinajstić information content (AvgIpc) is 2.93. The number of benzene rings is 1. The van der Waals surface area contributed by atoms with Gasteiger partial charge in [-0.25, -0.2) is 0 Å². The van der Waals surface area contributed by atoms with Crippen molar-refractivity contribution in [3.05, 3.63) is 34.3 Å². The lowest BCUT2D eigenvalue weighted by atomic mass is 9.95. The van der Waals surface area contributed by atoms with Gasteiger partial charge in [0.1, 0.15) is 0 Å². The Morgan fingerprint density at radius 3 is 2.71 bits per heavy atom. The molecule has 1 heterocycles. The zero-order valence-electron chi connectivity index (χ0n) is 13.6. The summed E-state index contributed by atoms with van der Waals surface area (Å²) >= 11 is 3.70. The Kier molecular flexibility index (Phi) is 6.72. The van der Waals surface area contributed by atoms with E-state index in [1.165, 1.54) is 42.5 Å². The highest BCUT2D eigenvalue weighted by Gasteiger charge is 2.25. The van der Waals surface area contributed by atoms with Gasteiger partial charge < -0.3 is 10.2 Å². The van der Waals surface area contributed by atoms with Crippen LogP contribution in [0.4, 0.5) is 0 Å². The molecule has 2 rings (SSSR count). The SMILES string of the molecule is CCNC(CCN1CCC(C(C)C)C1)c1ccccc1Br. The number of likely N-dealkylation sites (tertiary alicyclic amines) is 1. The first-order valence-electron chi connectivity index (χ1n) is 8.32. The van der Waals surface area contributed by atoms with E-state index in [0.717, 1.165) is 18.4 Å². The Hall–Kier alpha value is -0.380. The van der Waals surface area contributed by atoms with Gasteiger partial charge >= 0.3 is 0 Å². The Balaban J connectivity index is 1.91. The molecule has 1 fully saturated rings. The van der Waals surface area contributed by atoms with Gasteiger partial charge in [-0.3, -0.25) is 0 Å². The van der Waals surface area contributed by atoms with Crippen LogP contribution in [-0.4, -0.2) is 31.1 Å². The van der Waals surface area contributed by atoms with E-state index in [4.69, 9.17) is 0 Å². The second kappa shape index (κ2) is 8.30. The molecule has 0 bridgehead atoms. The van der Waals surface area contributed by atoms with Gasteiger partial charge in [0.2, 0.25) is 0 Å². The molecular weight excluding hydrogens is 324 g/mol. The van der Waals surface area contributed by atoms with Crippen LogP contribution in [-0.2, 0) is 0 Å². The third-order valence-electron chi connectivity index (χ3n) is 4.72. The van der Waals surface area contributed by atoms with Gasteiger partial charge in [0.25, 0.3) is 0 Å². The van der Waals surface area contributed by atoms with Gasteiger partial charge in [0, 0.05) is 17.1 Å². The molecule has 0 spiro atoms. The summed E-state index contributed by atoms with van der Waals surface area (Å²) in [5, 5.41) is 3.64. The summed E-state index contributed by atoms with van der Waals surface area (Å²) in [6, 6.07) is 9.05. The topological polar surface area (TPSA) is 15.3 Å². The number of nitrogens with one attached hydrogen (secondary N) is 1. The van der Waals surface area contributed by atoms with Crippen LogP contribution in [0, 0.1) is 11.8 Å². The Morgan fingerprint density at radius 1 is 1.33 bits per heavy atom. The largest absolute Gasteiger partial charge is 0.310 e. The minimum Gasteiger partial charge on any atom is -0.310 e. The molecule has 2 atom stereocenters. The van der Waals surface area contributed by atoms with Crippen molar-refractivity contribution in [2.75, 3.05) is 26.2 Å². The van der Waals surface area contributed by atoms with Crippen LogP contribution in [0.5, 0.6) is 0 Å². The summed E-state index contributed by atoms with van der Waals surface area (Å²) in [5.41, 5.74) is 1.39. The molecule has 21 heavy (non-hydrogen) atoms. The molecule has 3 heteroatoms. The fourth-order valence-corrected chi connectivity index (χ4v) is 3.85. The van der Waals surface area contributed by atoms with Crippen molar-refractivity contribution in [2.24, 2.45) is 11.8 Å². The monoisotopic (exact) mass is 352 g/mol. The number of halogens is 1. The van der Waals surface area contributed by atoms with Crippen LogP contribution in [0.25, 0.3) is 0 Å². The molecule has 1 saturated heterocycles. The lowest BCUT2D eigenvalue weighted by Gasteiger charge is -2.23. The molecule has 2 nitrogen and oxygen atoms in total. The zero-order valence-corrected chi connectivity index (χ0v) is 15.2. The van der Waals surface area contributed by atoms with Crippen molar-refractivity contribution in [1.82, 2.24) is 10.2 Å². The minimum atomic E-state index is 0.448. The van der Waals surface area contributed by atoms with Crippen molar-refractivity contribution in [3.8, 4) is 0 Å². The fourth-order valence-electron chi connectivity index (χ4n) is 3.29. The second-order valence-electron chi connectivity index (χ2n) is 6.51. The molecule has 0 radical (unpaired) electrons. The zero-order chi connectivity index (χ0) is 15.2. The minimum absolute atomic E-state index is 0.448. The Morgan fingerprint density at radius 2 is 2.10 bits per heavy atom. The van der Waals surface area contributed by atoms with Crippen molar-refractivity contribution in [1.29, 1.82) is 0 Å². The highest BCUT2D eigenvalue weighted by Crippen LogP contribution is 2.28. The van der Waals surface area contributed by atoms with Crippen LogP contribution < -0.4 is 5.32 Å². The summed E-state index contributed by atoms with van der Waals surface area (Å²) in [5.74, 6) is 1.72. The first-order chi connectivity index (χ1) is 10.1. The molecular formula is C18H29BrN2. The van der Waals surface area contributed by atoms with E-state index in [9.17, 15) is 0 Å². The quantitative estimate of drug-likeness (QED) is 0.778. The lowest BCUT2D eigenvalue weighted by molar-refractivity contribution is 0.285. The van der Waals surface area contributed by atoms with E-state index in [-0.39, 0.29) is 0 Å². The average molecular weight is 353 g/mol. The first kappa shape index (κ1) is 17.0. The predicted molar refractivity (Wildman–Crippen MR) is 94.6 cm³/mol. The Bertz CT molecular complexity index is 433. The predicted octanol–water partition coefficient (Wildman–Crippen LogP) is 4.47. The van der Waals surface area contributed by atoms with Gasteiger partial charge in [-0.05, 0) is 55.9 Å². The molecule has 118 valence electrons. The number of nitrogens with zero attached hydrogens (tertiary/aromatic N) is 1. The molecule has 1 aliphatic heterocycles. The maximum atomic E-state index is 3.70. The highest BCUT2D eigenvalue weighted by atomic mass is 79.9. The van der Waals surface area contributed by atoms with Gasteiger partial charge in [-0.15, -0.1) is 0 Å². The van der Waals surface area contributed by atoms with E-state index in [2.05, 4.69) is 71.2 Å². The number of hydrogen-bond donors (Lipinski definition) is 1. The third kappa shape index (κ3) is 4.80. The summed E-state index contributed by atoms with van der Waals surface area (Å²) in [6.45, 7) is 11.7. The highest BCUT2D eigenvalue weighted by molar-refractivity contribution is 9.10. The van der Waals surface area contributed by atoms with Crippen molar-refractivity contribution < 1.29 is 0 Å². The Labute approximate surface area is 138 Å². The van der Waals surface area contributed by atoms with Crippen molar-refractivity contribution >= 4 is 15.9 Å². The van der Waals surface area contributed by atoms with E-state index < -0.39 is 0 Å². The molecule has 0 amide bonds. The smallest absolute Gasteiger partial charge is 0.0343 e. The summed E-state index contributed by atoms with van der Waals surface area (Å²) in [7, 11) is 0. The number of rotatable bonds is 7. The molecule has 1 aliphatic rings. The van der Waals surface area contributed by atoms with Crippen molar-refractivity contribution in [3.63, 3.8) is 0 Å². The summed E-state index contributed by atoms with van der Waals surface area (Å²) < 4.78 is 1.22. The van der Waals surface area contributed by atoms with Gasteiger partial charge in [-0.2, -0.15) is 0 Å². The molecule has 2 unspecified atom stereocenters. The molecule has 0 saturated carbocycles. The summed E-state index contributed by atoms with van der Waals surface area (Å²) in [4.78, 5) is 2.64. The van der Waals surface area contributed by atoms with Gasteiger partial charge in [0.05, 0.1) is 0 Å². The van der Waals surface area contributed by atoms with E-state index in [0.29, 0.717) is 6.04 Å². The molecule has 1 N–H and O–H groups in total. The molecule has 0 aliphatic carbocycles. The maximum Gasteiger partial charge on any atom is 0.0343 e. The maximum absolute atomic E-state index is 3.70. The molecule has 0 aromatic heterocycles. The van der Waals surface area contributed by atoms with Crippen LogP contribution in [0.15, 0.2) is 28.7 Å². The molecule has 1 aromatic rings.